The molecule has 0 saturated heterocycles. The summed E-state index contributed by atoms with van der Waals surface area (Å²) in [5.74, 6) is -2.05. The summed E-state index contributed by atoms with van der Waals surface area (Å²) in [6.07, 6.45) is 1.78. The fraction of sp³-hybridized carbons (Fsp3) is 0.333. The Morgan fingerprint density at radius 1 is 1.50 bits per heavy atom. The minimum Gasteiger partial charge on any atom is -0.481 e. The van der Waals surface area contributed by atoms with E-state index < -0.39 is 17.8 Å². The van der Waals surface area contributed by atoms with Gasteiger partial charge >= 0.3 is 5.97 Å². The zero-order chi connectivity index (χ0) is 11.7. The maximum absolute atomic E-state index is 11.5. The van der Waals surface area contributed by atoms with Crippen LogP contribution in [0.4, 0.5) is 5.82 Å². The Balaban J connectivity index is 1.96. The number of halogens is 1. The first-order valence-electron chi connectivity index (χ1n) is 4.60. The van der Waals surface area contributed by atoms with Crippen molar-refractivity contribution < 1.29 is 14.7 Å². The van der Waals surface area contributed by atoms with Gasteiger partial charge in [-0.05, 0) is 24.1 Å². The van der Waals surface area contributed by atoms with Crippen LogP contribution in [0, 0.1) is 11.8 Å². The molecule has 1 aromatic heterocycles. The number of carbonyl (C=O) groups excluding carboxylic acids is 1. The van der Waals surface area contributed by atoms with Gasteiger partial charge in [-0.3, -0.25) is 9.59 Å². The molecule has 16 heavy (non-hydrogen) atoms. The fourth-order valence-electron chi connectivity index (χ4n) is 1.38. The van der Waals surface area contributed by atoms with Crippen LogP contribution in [0.1, 0.15) is 6.42 Å². The Hall–Kier alpha value is -1.69. The Bertz CT molecular complexity index is 451. The molecule has 0 aliphatic heterocycles. The first-order chi connectivity index (χ1) is 7.58. The van der Waals surface area contributed by atoms with Gasteiger partial charge in [0.15, 0.2) is 0 Å². The number of hydrogen-bond donors (Lipinski definition) is 2. The van der Waals surface area contributed by atoms with Gasteiger partial charge in [0.25, 0.3) is 0 Å². The Morgan fingerprint density at radius 2 is 2.25 bits per heavy atom. The van der Waals surface area contributed by atoms with Crippen LogP contribution in [0.15, 0.2) is 12.3 Å². The first-order valence-corrected chi connectivity index (χ1v) is 4.98. The van der Waals surface area contributed by atoms with Crippen LogP contribution in [-0.2, 0) is 9.59 Å². The van der Waals surface area contributed by atoms with Crippen molar-refractivity contribution in [2.75, 3.05) is 5.32 Å². The number of aliphatic carboxylic acids is 1. The van der Waals surface area contributed by atoms with Gasteiger partial charge in [0.05, 0.1) is 11.8 Å². The molecule has 2 N–H and O–H groups in total. The number of anilines is 1. The molecule has 1 aromatic rings. The molecule has 1 aliphatic rings. The predicted octanol–water partition coefficient (Wildman–Crippen LogP) is 0.789. The predicted molar refractivity (Wildman–Crippen MR) is 54.9 cm³/mol. The van der Waals surface area contributed by atoms with Crippen LogP contribution in [0.5, 0.6) is 0 Å². The second-order valence-electron chi connectivity index (χ2n) is 3.49. The van der Waals surface area contributed by atoms with Gasteiger partial charge in [-0.15, -0.1) is 0 Å². The van der Waals surface area contributed by atoms with Crippen molar-refractivity contribution in [3.63, 3.8) is 0 Å². The first kappa shape index (κ1) is 10.8. The second kappa shape index (κ2) is 4.05. The summed E-state index contributed by atoms with van der Waals surface area (Å²) in [6.45, 7) is 0. The zero-order valence-electron chi connectivity index (χ0n) is 8.05. The van der Waals surface area contributed by atoms with Crippen LogP contribution < -0.4 is 5.32 Å². The van der Waals surface area contributed by atoms with Crippen LogP contribution in [0.2, 0.25) is 5.28 Å². The third-order valence-corrected chi connectivity index (χ3v) is 2.50. The van der Waals surface area contributed by atoms with E-state index in [2.05, 4.69) is 15.3 Å². The Labute approximate surface area is 95.7 Å². The van der Waals surface area contributed by atoms with Gasteiger partial charge in [0, 0.05) is 6.20 Å². The van der Waals surface area contributed by atoms with E-state index in [1.165, 1.54) is 12.3 Å². The van der Waals surface area contributed by atoms with Gasteiger partial charge in [0.2, 0.25) is 11.2 Å². The SMILES string of the molecule is O=C(O)[C@H]1C[C@H]1C(=O)Nc1ccnc(Cl)n1. The zero-order valence-corrected chi connectivity index (χ0v) is 8.81. The van der Waals surface area contributed by atoms with E-state index in [0.29, 0.717) is 6.42 Å². The monoisotopic (exact) mass is 241 g/mol. The summed E-state index contributed by atoms with van der Waals surface area (Å²) in [5.41, 5.74) is 0. The minimum absolute atomic E-state index is 0.0309. The van der Waals surface area contributed by atoms with Crippen molar-refractivity contribution in [3.05, 3.63) is 17.5 Å². The highest BCUT2D eigenvalue weighted by atomic mass is 35.5. The third kappa shape index (κ3) is 2.27. The molecule has 0 radical (unpaired) electrons. The third-order valence-electron chi connectivity index (χ3n) is 2.32. The molecule has 1 aliphatic carbocycles. The molecule has 84 valence electrons. The van der Waals surface area contributed by atoms with E-state index in [9.17, 15) is 9.59 Å². The summed E-state index contributed by atoms with van der Waals surface area (Å²) in [7, 11) is 0. The van der Waals surface area contributed by atoms with Crippen LogP contribution in [-0.4, -0.2) is 27.0 Å². The minimum atomic E-state index is -0.944. The summed E-state index contributed by atoms with van der Waals surface area (Å²) >= 11 is 5.53. The summed E-state index contributed by atoms with van der Waals surface area (Å²) in [6, 6.07) is 1.49. The molecule has 0 unspecified atom stereocenters. The second-order valence-corrected chi connectivity index (χ2v) is 3.83. The van der Waals surface area contributed by atoms with E-state index in [0.717, 1.165) is 0 Å². The average molecular weight is 242 g/mol. The molecular formula is C9H8ClN3O3. The quantitative estimate of drug-likeness (QED) is 0.764. The van der Waals surface area contributed by atoms with Gasteiger partial charge in [-0.2, -0.15) is 0 Å². The maximum atomic E-state index is 11.5. The normalized spacial score (nSPS) is 22.6. The van der Waals surface area contributed by atoms with Gasteiger partial charge < -0.3 is 10.4 Å². The van der Waals surface area contributed by atoms with E-state index in [1.54, 1.807) is 0 Å². The van der Waals surface area contributed by atoms with Crippen molar-refractivity contribution >= 4 is 29.3 Å². The van der Waals surface area contributed by atoms with Crippen LogP contribution in [0.25, 0.3) is 0 Å². The molecule has 0 aromatic carbocycles. The summed E-state index contributed by atoms with van der Waals surface area (Å²) in [5, 5.41) is 11.2. The number of nitrogens with one attached hydrogen (secondary N) is 1. The highest BCUT2D eigenvalue weighted by molar-refractivity contribution is 6.28. The van der Waals surface area contributed by atoms with Crippen molar-refractivity contribution in [3.8, 4) is 0 Å². The van der Waals surface area contributed by atoms with Crippen molar-refractivity contribution in [1.82, 2.24) is 9.97 Å². The molecule has 1 amide bonds. The lowest BCUT2D eigenvalue weighted by atomic mass is 10.3. The Morgan fingerprint density at radius 3 is 2.81 bits per heavy atom. The lowest BCUT2D eigenvalue weighted by Crippen LogP contribution is -2.17. The topological polar surface area (TPSA) is 92.2 Å². The molecule has 6 nitrogen and oxygen atoms in total. The number of rotatable bonds is 3. The van der Waals surface area contributed by atoms with E-state index in [-0.39, 0.29) is 17.0 Å². The molecular weight excluding hydrogens is 234 g/mol. The highest BCUT2D eigenvalue weighted by Gasteiger charge is 2.48. The van der Waals surface area contributed by atoms with Crippen LogP contribution >= 0.6 is 11.6 Å². The van der Waals surface area contributed by atoms with Crippen molar-refractivity contribution in [2.45, 2.75) is 6.42 Å². The van der Waals surface area contributed by atoms with Gasteiger partial charge in [-0.1, -0.05) is 0 Å². The molecule has 1 saturated carbocycles. The fourth-order valence-corrected chi connectivity index (χ4v) is 1.53. The van der Waals surface area contributed by atoms with Gasteiger partial charge in [-0.25, -0.2) is 9.97 Å². The number of aromatic nitrogens is 2. The molecule has 0 spiro atoms. The van der Waals surface area contributed by atoms with E-state index in [1.807, 2.05) is 0 Å². The lowest BCUT2D eigenvalue weighted by Gasteiger charge is -2.02. The number of carboxylic acids is 1. The summed E-state index contributed by atoms with van der Waals surface area (Å²) in [4.78, 5) is 29.5. The molecule has 2 atom stereocenters. The molecule has 1 heterocycles. The average Bonchev–Trinajstić information content (AvgIpc) is 2.96. The standard InChI is InChI=1S/C9H8ClN3O3/c10-9-11-2-1-6(13-9)12-7(14)4-3-5(4)8(15)16/h1-2,4-5H,3H2,(H,15,16)(H,11,12,13,14)/t4-,5+/m1/s1. The highest BCUT2D eigenvalue weighted by Crippen LogP contribution is 2.39. The number of hydrogen-bond acceptors (Lipinski definition) is 4. The van der Waals surface area contributed by atoms with E-state index >= 15 is 0 Å². The smallest absolute Gasteiger partial charge is 0.307 e. The van der Waals surface area contributed by atoms with Crippen molar-refractivity contribution in [2.24, 2.45) is 11.8 Å². The maximum Gasteiger partial charge on any atom is 0.307 e. The number of carbonyl (C=O) groups is 2. The lowest BCUT2D eigenvalue weighted by molar-refractivity contribution is -0.139. The van der Waals surface area contributed by atoms with Crippen molar-refractivity contribution in [1.29, 1.82) is 0 Å². The van der Waals surface area contributed by atoms with Crippen LogP contribution in [0.3, 0.4) is 0 Å². The number of nitrogens with zero attached hydrogens (tertiary/aromatic N) is 2. The Kier molecular flexibility index (Phi) is 2.74. The molecule has 1 fully saturated rings. The molecule has 7 heteroatoms. The molecule has 0 bridgehead atoms. The largest absolute Gasteiger partial charge is 0.481 e. The summed E-state index contributed by atoms with van der Waals surface area (Å²) < 4.78 is 0. The van der Waals surface area contributed by atoms with Gasteiger partial charge in [0.1, 0.15) is 5.82 Å². The number of amides is 1. The van der Waals surface area contributed by atoms with E-state index in [4.69, 9.17) is 16.7 Å². The number of carboxylic acid groups (broad SMARTS) is 1. The molecule has 2 rings (SSSR count).